The molecule has 2 rings (SSSR count). The summed E-state index contributed by atoms with van der Waals surface area (Å²) in [5.74, 6) is 0.944. The van der Waals surface area contributed by atoms with Crippen LogP contribution in [0.25, 0.3) is 0 Å². The van der Waals surface area contributed by atoms with E-state index in [0.29, 0.717) is 6.04 Å². The molecule has 0 amide bonds. The third-order valence-electron chi connectivity index (χ3n) is 3.86. The number of halogens is 1. The third kappa shape index (κ3) is 5.70. The summed E-state index contributed by atoms with van der Waals surface area (Å²) in [5, 5.41) is 8.89. The molecule has 22 heavy (non-hydrogen) atoms. The van der Waals surface area contributed by atoms with E-state index in [4.69, 9.17) is 4.99 Å². The zero-order valence-electron chi connectivity index (χ0n) is 13.9. The molecule has 1 aliphatic heterocycles. The van der Waals surface area contributed by atoms with Crippen molar-refractivity contribution in [1.29, 1.82) is 0 Å². The van der Waals surface area contributed by atoms with Crippen LogP contribution in [-0.4, -0.2) is 43.1 Å². The van der Waals surface area contributed by atoms with Crippen molar-refractivity contribution in [2.75, 3.05) is 26.2 Å². The molecule has 126 valence electrons. The summed E-state index contributed by atoms with van der Waals surface area (Å²) < 4.78 is 0. The molecule has 0 aliphatic carbocycles. The number of rotatable bonds is 6. The molecule has 0 fully saturated rings. The van der Waals surface area contributed by atoms with E-state index in [1.165, 1.54) is 12.0 Å². The highest BCUT2D eigenvalue weighted by atomic mass is 127. The van der Waals surface area contributed by atoms with E-state index in [9.17, 15) is 0 Å². The number of nitrogens with zero attached hydrogens (tertiary/aromatic N) is 2. The molecule has 2 N–H and O–H groups in total. The standard InChI is InChI=1S/C16H28N4S.HI/c1-4-8-18-16(17-5-2)19-11-13(3)20-9-6-15-14(12-20)7-10-21-15;/h7,10,13H,4-6,8-9,11-12H2,1-3H3,(H2,17,18,19);1H. The molecule has 0 saturated heterocycles. The van der Waals surface area contributed by atoms with E-state index in [1.807, 2.05) is 11.3 Å². The summed E-state index contributed by atoms with van der Waals surface area (Å²) in [7, 11) is 0. The average Bonchev–Trinajstić information content (AvgIpc) is 2.97. The first kappa shape index (κ1) is 19.7. The monoisotopic (exact) mass is 436 g/mol. The number of hydrogen-bond donors (Lipinski definition) is 2. The Bertz CT molecular complexity index is 461. The van der Waals surface area contributed by atoms with E-state index >= 15 is 0 Å². The number of aliphatic imine (C=N–C) groups is 1. The van der Waals surface area contributed by atoms with Crippen molar-refractivity contribution in [3.8, 4) is 0 Å². The van der Waals surface area contributed by atoms with E-state index in [0.717, 1.165) is 45.1 Å². The highest BCUT2D eigenvalue weighted by Gasteiger charge is 2.21. The Morgan fingerprint density at radius 1 is 1.41 bits per heavy atom. The quantitative estimate of drug-likeness (QED) is 0.409. The summed E-state index contributed by atoms with van der Waals surface area (Å²) in [4.78, 5) is 8.84. The molecule has 1 aromatic heterocycles. The zero-order valence-corrected chi connectivity index (χ0v) is 17.0. The molecule has 1 aliphatic rings. The van der Waals surface area contributed by atoms with Crippen molar-refractivity contribution in [1.82, 2.24) is 15.5 Å². The first-order chi connectivity index (χ1) is 10.2. The van der Waals surface area contributed by atoms with Gasteiger partial charge in [-0.25, -0.2) is 0 Å². The van der Waals surface area contributed by atoms with Crippen LogP contribution in [0.3, 0.4) is 0 Å². The smallest absolute Gasteiger partial charge is 0.191 e. The minimum absolute atomic E-state index is 0. The Morgan fingerprint density at radius 3 is 2.95 bits per heavy atom. The van der Waals surface area contributed by atoms with Crippen molar-refractivity contribution in [2.24, 2.45) is 4.99 Å². The summed E-state index contributed by atoms with van der Waals surface area (Å²) >= 11 is 1.90. The Kier molecular flexibility index (Phi) is 9.35. The van der Waals surface area contributed by atoms with Crippen LogP contribution >= 0.6 is 35.3 Å². The molecule has 2 heterocycles. The Morgan fingerprint density at radius 2 is 2.23 bits per heavy atom. The minimum Gasteiger partial charge on any atom is -0.357 e. The second kappa shape index (κ2) is 10.4. The number of hydrogen-bond acceptors (Lipinski definition) is 3. The number of thiophene rings is 1. The van der Waals surface area contributed by atoms with Crippen LogP contribution in [-0.2, 0) is 13.0 Å². The lowest BCUT2D eigenvalue weighted by atomic mass is 10.1. The van der Waals surface area contributed by atoms with Crippen LogP contribution < -0.4 is 10.6 Å². The SMILES string of the molecule is CCCNC(=NCC(C)N1CCc2sccc2C1)NCC.I. The molecule has 0 spiro atoms. The predicted octanol–water partition coefficient (Wildman–Crippen LogP) is 3.08. The molecule has 0 radical (unpaired) electrons. The fourth-order valence-electron chi connectivity index (χ4n) is 2.57. The van der Waals surface area contributed by atoms with Gasteiger partial charge in [0.2, 0.25) is 0 Å². The predicted molar refractivity (Wildman–Crippen MR) is 108 cm³/mol. The minimum atomic E-state index is 0. The second-order valence-corrected chi connectivity index (χ2v) is 6.59. The molecule has 1 atom stereocenters. The van der Waals surface area contributed by atoms with E-state index in [-0.39, 0.29) is 24.0 Å². The summed E-state index contributed by atoms with van der Waals surface area (Å²) in [5.41, 5.74) is 1.51. The lowest BCUT2D eigenvalue weighted by molar-refractivity contribution is 0.197. The number of nitrogens with one attached hydrogen (secondary N) is 2. The van der Waals surface area contributed by atoms with Crippen LogP contribution in [0.15, 0.2) is 16.4 Å². The maximum Gasteiger partial charge on any atom is 0.191 e. The van der Waals surface area contributed by atoms with Gasteiger partial charge >= 0.3 is 0 Å². The van der Waals surface area contributed by atoms with Crippen molar-refractivity contribution in [2.45, 2.75) is 46.2 Å². The van der Waals surface area contributed by atoms with Gasteiger partial charge in [0.25, 0.3) is 0 Å². The molecule has 0 saturated carbocycles. The highest BCUT2D eigenvalue weighted by Crippen LogP contribution is 2.25. The summed E-state index contributed by atoms with van der Waals surface area (Å²) in [6.07, 6.45) is 2.31. The van der Waals surface area contributed by atoms with E-state index in [1.54, 1.807) is 4.88 Å². The fourth-order valence-corrected chi connectivity index (χ4v) is 3.46. The van der Waals surface area contributed by atoms with Gasteiger partial charge < -0.3 is 10.6 Å². The first-order valence-electron chi connectivity index (χ1n) is 8.06. The second-order valence-electron chi connectivity index (χ2n) is 5.58. The zero-order chi connectivity index (χ0) is 15.1. The largest absolute Gasteiger partial charge is 0.357 e. The van der Waals surface area contributed by atoms with Gasteiger partial charge in [-0.15, -0.1) is 35.3 Å². The molecule has 1 unspecified atom stereocenters. The van der Waals surface area contributed by atoms with Crippen LogP contribution in [0, 0.1) is 0 Å². The molecule has 4 nitrogen and oxygen atoms in total. The maximum atomic E-state index is 4.73. The number of guanidine groups is 1. The molecular formula is C16H29IN4S. The molecule has 6 heteroatoms. The van der Waals surface area contributed by atoms with Gasteiger partial charge in [0, 0.05) is 37.1 Å². The van der Waals surface area contributed by atoms with Gasteiger partial charge in [-0.05, 0) is 43.7 Å². The summed E-state index contributed by atoms with van der Waals surface area (Å²) in [6, 6.07) is 2.75. The molecular weight excluding hydrogens is 407 g/mol. The van der Waals surface area contributed by atoms with E-state index in [2.05, 4.69) is 47.8 Å². The van der Waals surface area contributed by atoms with Crippen LogP contribution in [0.1, 0.15) is 37.6 Å². The number of fused-ring (bicyclic) bond motifs is 1. The topological polar surface area (TPSA) is 39.7 Å². The molecule has 0 aromatic carbocycles. The van der Waals surface area contributed by atoms with Gasteiger partial charge in [-0.2, -0.15) is 0 Å². The van der Waals surface area contributed by atoms with Crippen molar-refractivity contribution in [3.63, 3.8) is 0 Å². The van der Waals surface area contributed by atoms with Crippen LogP contribution in [0.4, 0.5) is 0 Å². The maximum absolute atomic E-state index is 4.73. The van der Waals surface area contributed by atoms with Gasteiger partial charge in [0.05, 0.1) is 6.54 Å². The van der Waals surface area contributed by atoms with Crippen molar-refractivity contribution < 1.29 is 0 Å². The summed E-state index contributed by atoms with van der Waals surface area (Å²) in [6.45, 7) is 11.5. The Balaban J connectivity index is 0.00000242. The third-order valence-corrected chi connectivity index (χ3v) is 4.88. The molecule has 0 bridgehead atoms. The average molecular weight is 436 g/mol. The van der Waals surface area contributed by atoms with Crippen molar-refractivity contribution in [3.05, 3.63) is 21.9 Å². The highest BCUT2D eigenvalue weighted by molar-refractivity contribution is 14.0. The van der Waals surface area contributed by atoms with E-state index < -0.39 is 0 Å². The van der Waals surface area contributed by atoms with Crippen molar-refractivity contribution >= 4 is 41.3 Å². The Hall–Kier alpha value is -0.340. The Labute approximate surface area is 155 Å². The lowest BCUT2D eigenvalue weighted by Crippen LogP contribution is -2.41. The first-order valence-corrected chi connectivity index (χ1v) is 8.94. The van der Waals surface area contributed by atoms with Gasteiger partial charge in [-0.3, -0.25) is 9.89 Å². The fraction of sp³-hybridized carbons (Fsp3) is 0.688. The van der Waals surface area contributed by atoms with Crippen LogP contribution in [0.5, 0.6) is 0 Å². The van der Waals surface area contributed by atoms with Gasteiger partial charge in [0.15, 0.2) is 5.96 Å². The normalized spacial score (nSPS) is 16.6. The van der Waals surface area contributed by atoms with Crippen LogP contribution in [0.2, 0.25) is 0 Å². The van der Waals surface area contributed by atoms with Gasteiger partial charge in [0.1, 0.15) is 0 Å². The lowest BCUT2D eigenvalue weighted by Gasteiger charge is -2.31. The molecule has 1 aromatic rings. The van der Waals surface area contributed by atoms with Gasteiger partial charge in [-0.1, -0.05) is 6.92 Å².